The monoisotopic (exact) mass is 1470 g/mol. The van der Waals surface area contributed by atoms with Gasteiger partial charge in [-0.3, -0.25) is 37.3 Å². The van der Waals surface area contributed by atoms with E-state index in [1.807, 2.05) is 0 Å². The van der Waals surface area contributed by atoms with Crippen molar-refractivity contribution in [3.63, 3.8) is 0 Å². The summed E-state index contributed by atoms with van der Waals surface area (Å²) in [6.45, 7) is 4.47. The molecule has 0 amide bonds. The minimum atomic E-state index is -5.00. The lowest BCUT2D eigenvalue weighted by molar-refractivity contribution is -0.161. The fourth-order valence-corrected chi connectivity index (χ4v) is 11.4. The second kappa shape index (κ2) is 74.2. The summed E-state index contributed by atoms with van der Waals surface area (Å²) in [6.07, 6.45) is 84.1. The summed E-state index contributed by atoms with van der Waals surface area (Å²) in [4.78, 5) is 72.9. The number of phosphoric ester groups is 2. The number of rotatable bonds is 72. The molecule has 5 atom stereocenters. The molecule has 17 nitrogen and oxygen atoms in total. The van der Waals surface area contributed by atoms with Gasteiger partial charge in [-0.15, -0.1) is 0 Å². The molecule has 0 fully saturated rings. The van der Waals surface area contributed by atoms with Crippen LogP contribution in [0.1, 0.15) is 297 Å². The maximum absolute atomic E-state index is 13.1. The van der Waals surface area contributed by atoms with E-state index in [2.05, 4.69) is 174 Å². The predicted octanol–water partition coefficient (Wildman–Crippen LogP) is 22.7. The molecule has 19 heteroatoms. The van der Waals surface area contributed by atoms with Crippen molar-refractivity contribution in [3.8, 4) is 0 Å². The molecule has 0 aliphatic rings. The van der Waals surface area contributed by atoms with Crippen LogP contribution >= 0.6 is 15.6 Å². The Kier molecular flexibility index (Phi) is 70.5. The van der Waals surface area contributed by atoms with Crippen molar-refractivity contribution in [3.05, 3.63) is 146 Å². The number of esters is 4. The molecule has 0 spiro atoms. The standard InChI is InChI=1S/C83H138O17P2/c1-5-9-13-17-21-25-29-32-35-37-38-40-43-45-49-52-56-60-64-68-81(86)94-74-79(100-83(88)70-66-62-58-54-50-46-41-34-31-27-23-19-15-11-7-3)76-98-102(91,92)96-72-77(84)71-95-101(89,90)97-75-78(99-82(87)69-65-61-57-53-47-28-24-20-16-12-8-4)73-93-80(85)67-63-59-55-51-48-44-42-39-36-33-30-26-22-18-14-10-6-2/h10-11,14-15,20-27,32-36,38,40-42,44,50,54,77-79,84H,5-9,12-13,16-19,28-31,37,39,43,45-49,51-53,55-76H2,1-4H3,(H,89,90)(H,91,92)/b14-10-,15-11-,24-20-,25-21-,26-22-,27-23-,35-32-,36-33-,40-38-,41-34-,44-42-,54-50-. The summed E-state index contributed by atoms with van der Waals surface area (Å²) in [5.41, 5.74) is 0. The van der Waals surface area contributed by atoms with Crippen molar-refractivity contribution in [2.45, 2.75) is 316 Å². The molecule has 0 radical (unpaired) electrons. The van der Waals surface area contributed by atoms with E-state index in [-0.39, 0.29) is 25.7 Å². The molecule has 0 aliphatic heterocycles. The van der Waals surface area contributed by atoms with E-state index in [9.17, 15) is 43.2 Å². The summed E-state index contributed by atoms with van der Waals surface area (Å²) in [6, 6.07) is 0. The van der Waals surface area contributed by atoms with Crippen LogP contribution in [0.5, 0.6) is 0 Å². The van der Waals surface area contributed by atoms with E-state index in [0.717, 1.165) is 180 Å². The second-order valence-corrected chi connectivity index (χ2v) is 28.4. The average Bonchev–Trinajstić information content (AvgIpc) is 0.926. The summed E-state index contributed by atoms with van der Waals surface area (Å²) in [5.74, 6) is -2.28. The first-order chi connectivity index (χ1) is 49.7. The first-order valence-corrected chi connectivity index (χ1v) is 42.1. The Morgan fingerprint density at radius 2 is 0.520 bits per heavy atom. The van der Waals surface area contributed by atoms with Crippen LogP contribution in [0.4, 0.5) is 0 Å². The average molecular weight is 1470 g/mol. The van der Waals surface area contributed by atoms with Gasteiger partial charge in [-0.25, -0.2) is 9.13 Å². The Morgan fingerprint density at radius 1 is 0.284 bits per heavy atom. The quantitative estimate of drug-likeness (QED) is 0.0169. The molecule has 3 N–H and O–H groups in total. The van der Waals surface area contributed by atoms with Gasteiger partial charge in [0.25, 0.3) is 0 Å². The van der Waals surface area contributed by atoms with Gasteiger partial charge in [-0.1, -0.05) is 257 Å². The number of aliphatic hydroxyl groups excluding tert-OH is 1. The van der Waals surface area contributed by atoms with Crippen molar-refractivity contribution in [2.75, 3.05) is 39.6 Å². The number of ether oxygens (including phenoxy) is 4. The molecule has 0 aromatic carbocycles. The zero-order chi connectivity index (χ0) is 74.6. The van der Waals surface area contributed by atoms with Gasteiger partial charge in [0.05, 0.1) is 26.4 Å². The normalized spacial score (nSPS) is 14.7. The van der Waals surface area contributed by atoms with Crippen LogP contribution in [-0.2, 0) is 65.4 Å². The molecule has 0 aromatic heterocycles. The summed E-state index contributed by atoms with van der Waals surface area (Å²) in [5, 5.41) is 10.6. The van der Waals surface area contributed by atoms with Crippen LogP contribution in [0.25, 0.3) is 0 Å². The first-order valence-electron chi connectivity index (χ1n) is 39.1. The number of hydrogen-bond donors (Lipinski definition) is 3. The number of aliphatic hydroxyl groups is 1. The van der Waals surface area contributed by atoms with E-state index in [0.29, 0.717) is 32.1 Å². The Bertz CT molecular complexity index is 2510. The van der Waals surface area contributed by atoms with Gasteiger partial charge < -0.3 is 33.8 Å². The molecular formula is C83H138O17P2. The van der Waals surface area contributed by atoms with Crippen LogP contribution in [0.3, 0.4) is 0 Å². The molecule has 102 heavy (non-hydrogen) atoms. The number of unbranched alkanes of at least 4 members (excludes halogenated alkanes) is 22. The Morgan fingerprint density at radius 3 is 0.843 bits per heavy atom. The highest BCUT2D eigenvalue weighted by molar-refractivity contribution is 7.47. The predicted molar refractivity (Wildman–Crippen MR) is 417 cm³/mol. The van der Waals surface area contributed by atoms with Crippen LogP contribution in [0.15, 0.2) is 146 Å². The first kappa shape index (κ1) is 96.9. The van der Waals surface area contributed by atoms with Gasteiger partial charge in [0, 0.05) is 25.7 Å². The molecule has 0 aromatic rings. The molecular weight excluding hydrogens is 1330 g/mol. The third-order valence-corrected chi connectivity index (χ3v) is 17.7. The molecule has 0 saturated carbocycles. The van der Waals surface area contributed by atoms with Gasteiger partial charge >= 0.3 is 39.5 Å². The van der Waals surface area contributed by atoms with Crippen LogP contribution in [0.2, 0.25) is 0 Å². The van der Waals surface area contributed by atoms with E-state index in [1.54, 1.807) is 0 Å². The lowest BCUT2D eigenvalue weighted by Gasteiger charge is -2.21. The third kappa shape index (κ3) is 73.3. The maximum Gasteiger partial charge on any atom is 0.472 e. The summed E-state index contributed by atoms with van der Waals surface area (Å²) >= 11 is 0. The fraction of sp³-hybridized carbons (Fsp3) is 0.663. The van der Waals surface area contributed by atoms with E-state index in [4.69, 9.17) is 37.0 Å². The van der Waals surface area contributed by atoms with E-state index < -0.39 is 97.5 Å². The van der Waals surface area contributed by atoms with Gasteiger partial charge in [-0.2, -0.15) is 0 Å². The maximum atomic E-state index is 13.1. The number of allylic oxidation sites excluding steroid dienone is 24. The Hall–Kier alpha value is -5.06. The van der Waals surface area contributed by atoms with Gasteiger partial charge in [0.2, 0.25) is 0 Å². The highest BCUT2D eigenvalue weighted by Gasteiger charge is 2.30. The molecule has 0 bridgehead atoms. The summed E-state index contributed by atoms with van der Waals surface area (Å²) in [7, 11) is -9.99. The van der Waals surface area contributed by atoms with Gasteiger partial charge in [-0.05, 0) is 161 Å². The molecule has 0 rings (SSSR count). The van der Waals surface area contributed by atoms with Crippen LogP contribution in [0, 0.1) is 0 Å². The second-order valence-electron chi connectivity index (χ2n) is 25.5. The number of phosphoric acid groups is 2. The lowest BCUT2D eigenvalue weighted by atomic mass is 10.1. The zero-order valence-electron chi connectivity index (χ0n) is 63.5. The minimum Gasteiger partial charge on any atom is -0.462 e. The highest BCUT2D eigenvalue weighted by atomic mass is 31.2. The Balaban J connectivity index is 5.39. The smallest absolute Gasteiger partial charge is 0.462 e. The Labute approximate surface area is 617 Å². The van der Waals surface area contributed by atoms with Crippen molar-refractivity contribution >= 4 is 39.5 Å². The van der Waals surface area contributed by atoms with Crippen LogP contribution < -0.4 is 0 Å². The third-order valence-electron chi connectivity index (χ3n) is 15.8. The van der Waals surface area contributed by atoms with Crippen molar-refractivity contribution < 1.29 is 80.2 Å². The van der Waals surface area contributed by atoms with Gasteiger partial charge in [0.1, 0.15) is 19.3 Å². The highest BCUT2D eigenvalue weighted by Crippen LogP contribution is 2.45. The molecule has 582 valence electrons. The molecule has 0 saturated heterocycles. The zero-order valence-corrected chi connectivity index (χ0v) is 65.3. The molecule has 0 aliphatic carbocycles. The summed E-state index contributed by atoms with van der Waals surface area (Å²) < 4.78 is 68.4. The molecule has 5 unspecified atom stereocenters. The van der Waals surface area contributed by atoms with Crippen molar-refractivity contribution in [2.24, 2.45) is 0 Å². The topological polar surface area (TPSA) is 237 Å². The van der Waals surface area contributed by atoms with E-state index >= 15 is 0 Å². The minimum absolute atomic E-state index is 0.0352. The number of carbonyl (C=O) groups is 4. The van der Waals surface area contributed by atoms with Gasteiger partial charge in [0.15, 0.2) is 12.2 Å². The number of hydrogen-bond acceptors (Lipinski definition) is 15. The lowest BCUT2D eigenvalue weighted by Crippen LogP contribution is -2.30. The van der Waals surface area contributed by atoms with Crippen LogP contribution in [-0.4, -0.2) is 96.7 Å². The fourth-order valence-electron chi connectivity index (χ4n) is 9.84. The van der Waals surface area contributed by atoms with E-state index in [1.165, 1.54) is 32.1 Å². The van der Waals surface area contributed by atoms with Crippen molar-refractivity contribution in [1.29, 1.82) is 0 Å². The molecule has 0 heterocycles. The SMILES string of the molecule is CC/C=C\C/C=C\C/C=C\C/C=C\CCCCCCC(=O)OCC(COP(=O)(O)OCC(O)COP(=O)(O)OCC(COC(=O)CCCCCCCC/C=C\C/C=C\C/C=C\CCCCC)OC(=O)CCCC/C=C\C/C=C\C/C=C\C/C=C\CC)OC(=O)CCCCCCC/C=C\CCCC. The number of carbonyl (C=O) groups excluding carboxylic acids is 4. The largest absolute Gasteiger partial charge is 0.472 e. The van der Waals surface area contributed by atoms with Crippen molar-refractivity contribution in [1.82, 2.24) is 0 Å².